The quantitative estimate of drug-likeness (QED) is 0.531. The van der Waals surface area contributed by atoms with Gasteiger partial charge < -0.3 is 15.7 Å². The summed E-state index contributed by atoms with van der Waals surface area (Å²) in [5.74, 6) is 0.408. The molecule has 0 radical (unpaired) electrons. The summed E-state index contributed by atoms with van der Waals surface area (Å²) in [5.41, 5.74) is -0.369. The van der Waals surface area contributed by atoms with Gasteiger partial charge in [0, 0.05) is 12.3 Å². The molecule has 1 aromatic rings. The second-order valence-electron chi connectivity index (χ2n) is 5.43. The van der Waals surface area contributed by atoms with Crippen molar-refractivity contribution >= 4 is 22.2 Å². The molecule has 0 aromatic carbocycles. The maximum absolute atomic E-state index is 12.0. The average Bonchev–Trinajstić information content (AvgIpc) is 2.89. The predicted molar refractivity (Wildman–Crippen MR) is 83.0 cm³/mol. The maximum atomic E-state index is 12.0. The van der Waals surface area contributed by atoms with Crippen LogP contribution in [0.3, 0.4) is 0 Å². The van der Waals surface area contributed by atoms with Crippen molar-refractivity contribution < 1.29 is 12.6 Å². The zero-order valence-corrected chi connectivity index (χ0v) is 13.4. The third-order valence-electron chi connectivity index (χ3n) is 3.52. The number of nitrogens with zero attached hydrogens (tertiary/aromatic N) is 1. The number of aromatic amines is 1. The van der Waals surface area contributed by atoms with Crippen LogP contribution in [0.25, 0.3) is 0 Å². The summed E-state index contributed by atoms with van der Waals surface area (Å²) in [7, 11) is -3.66. The lowest BCUT2D eigenvalue weighted by Crippen LogP contribution is -2.25. The lowest BCUT2D eigenvalue weighted by molar-refractivity contribution is 0.226. The van der Waals surface area contributed by atoms with Crippen LogP contribution in [0.4, 0.5) is 5.82 Å². The van der Waals surface area contributed by atoms with Crippen molar-refractivity contribution in [2.24, 2.45) is 0 Å². The van der Waals surface area contributed by atoms with E-state index < -0.39 is 21.8 Å². The van der Waals surface area contributed by atoms with Crippen molar-refractivity contribution in [1.29, 1.82) is 5.41 Å². The molecule has 0 spiro atoms. The average molecular weight is 328 g/mol. The van der Waals surface area contributed by atoms with E-state index in [9.17, 15) is 13.2 Å². The highest BCUT2D eigenvalue weighted by Crippen LogP contribution is 2.23. The summed E-state index contributed by atoms with van der Waals surface area (Å²) in [4.78, 5) is 18.8. The third kappa shape index (κ3) is 4.14. The summed E-state index contributed by atoms with van der Waals surface area (Å²) in [5, 5.41) is 10.5. The van der Waals surface area contributed by atoms with Gasteiger partial charge >= 0.3 is 0 Å². The van der Waals surface area contributed by atoms with E-state index in [2.05, 4.69) is 15.3 Å². The molecule has 9 heteroatoms. The SMILES string of the molecule is CC(OS(C)(=O)=O)c1nc(NC2CCCC2)c(C=N)c(=O)[nH]1. The number of hydrogen-bond acceptors (Lipinski definition) is 7. The van der Waals surface area contributed by atoms with Crippen molar-refractivity contribution in [1.82, 2.24) is 9.97 Å². The Hall–Kier alpha value is -1.74. The van der Waals surface area contributed by atoms with Crippen LogP contribution in [0.1, 0.15) is 50.1 Å². The van der Waals surface area contributed by atoms with Gasteiger partial charge in [0.2, 0.25) is 0 Å². The van der Waals surface area contributed by atoms with Crippen LogP contribution in [0.15, 0.2) is 4.79 Å². The Bertz CT molecular complexity index is 707. The summed E-state index contributed by atoms with van der Waals surface area (Å²) in [6.07, 6.45) is 5.15. The van der Waals surface area contributed by atoms with Crippen LogP contribution < -0.4 is 10.9 Å². The molecule has 1 heterocycles. The topological polar surface area (TPSA) is 125 Å². The molecule has 1 aliphatic carbocycles. The van der Waals surface area contributed by atoms with Gasteiger partial charge in [-0.15, -0.1) is 0 Å². The molecule has 0 saturated heterocycles. The van der Waals surface area contributed by atoms with Gasteiger partial charge in [-0.3, -0.25) is 8.98 Å². The van der Waals surface area contributed by atoms with Gasteiger partial charge in [-0.1, -0.05) is 12.8 Å². The van der Waals surface area contributed by atoms with Crippen LogP contribution >= 0.6 is 0 Å². The fourth-order valence-electron chi connectivity index (χ4n) is 2.51. The second kappa shape index (κ2) is 6.57. The molecule has 1 saturated carbocycles. The van der Waals surface area contributed by atoms with E-state index >= 15 is 0 Å². The van der Waals surface area contributed by atoms with E-state index in [0.29, 0.717) is 5.82 Å². The Morgan fingerprint density at radius 2 is 2.09 bits per heavy atom. The number of H-pyrrole nitrogens is 1. The number of aromatic nitrogens is 2. The van der Waals surface area contributed by atoms with Gasteiger partial charge in [-0.25, -0.2) is 4.98 Å². The van der Waals surface area contributed by atoms with E-state index in [1.54, 1.807) is 0 Å². The zero-order chi connectivity index (χ0) is 16.3. The molecule has 2 rings (SSSR count). The minimum absolute atomic E-state index is 0.113. The van der Waals surface area contributed by atoms with Crippen molar-refractivity contribution in [3.63, 3.8) is 0 Å². The minimum Gasteiger partial charge on any atom is -0.367 e. The van der Waals surface area contributed by atoms with E-state index in [1.807, 2.05) is 0 Å². The maximum Gasteiger partial charge on any atom is 0.265 e. The fourth-order valence-corrected chi connectivity index (χ4v) is 3.12. The second-order valence-corrected chi connectivity index (χ2v) is 7.03. The molecule has 0 bridgehead atoms. The standard InChI is InChI=1S/C13H20N4O4S/c1-8(21-22(2,19)20)11-16-12(10(7-14)13(18)17-11)15-9-5-3-4-6-9/h7-9,14H,3-6H2,1-2H3,(H2,15,16,17,18). The highest BCUT2D eigenvalue weighted by molar-refractivity contribution is 7.86. The molecule has 8 nitrogen and oxygen atoms in total. The summed E-state index contributed by atoms with van der Waals surface area (Å²) < 4.78 is 27.2. The van der Waals surface area contributed by atoms with Gasteiger partial charge in [0.05, 0.1) is 11.8 Å². The van der Waals surface area contributed by atoms with E-state index in [-0.39, 0.29) is 17.4 Å². The van der Waals surface area contributed by atoms with Crippen molar-refractivity contribution in [3.05, 3.63) is 21.7 Å². The first-order valence-corrected chi connectivity index (χ1v) is 8.91. The summed E-state index contributed by atoms with van der Waals surface area (Å²) in [6, 6.07) is 0.215. The molecule has 1 aromatic heterocycles. The number of anilines is 1. The molecule has 22 heavy (non-hydrogen) atoms. The largest absolute Gasteiger partial charge is 0.367 e. The first kappa shape index (κ1) is 16.6. The Morgan fingerprint density at radius 3 is 2.64 bits per heavy atom. The molecular weight excluding hydrogens is 308 g/mol. The van der Waals surface area contributed by atoms with Gasteiger partial charge in [-0.05, 0) is 19.8 Å². The lowest BCUT2D eigenvalue weighted by Gasteiger charge is -2.17. The first-order valence-electron chi connectivity index (χ1n) is 7.09. The third-order valence-corrected chi connectivity index (χ3v) is 4.16. The fraction of sp³-hybridized carbons (Fsp3) is 0.615. The van der Waals surface area contributed by atoms with Crippen molar-refractivity contribution in [3.8, 4) is 0 Å². The van der Waals surface area contributed by atoms with Crippen LogP contribution in [-0.2, 0) is 14.3 Å². The van der Waals surface area contributed by atoms with E-state index in [0.717, 1.165) is 38.2 Å². The molecule has 3 N–H and O–H groups in total. The molecule has 0 amide bonds. The van der Waals surface area contributed by atoms with Crippen molar-refractivity contribution in [2.75, 3.05) is 11.6 Å². The Morgan fingerprint density at radius 1 is 1.45 bits per heavy atom. The molecule has 1 fully saturated rings. The predicted octanol–water partition coefficient (Wildman–Crippen LogP) is 1.16. The monoisotopic (exact) mass is 328 g/mol. The Kier molecular flexibility index (Phi) is 4.97. The zero-order valence-electron chi connectivity index (χ0n) is 12.5. The van der Waals surface area contributed by atoms with Gasteiger partial charge in [-0.2, -0.15) is 8.42 Å². The number of rotatable bonds is 6. The number of nitrogens with one attached hydrogen (secondary N) is 3. The smallest absolute Gasteiger partial charge is 0.265 e. The van der Waals surface area contributed by atoms with Crippen LogP contribution in [0, 0.1) is 5.41 Å². The Labute approximate surface area is 128 Å². The molecule has 0 aliphatic heterocycles. The van der Waals surface area contributed by atoms with Crippen LogP contribution in [0.2, 0.25) is 0 Å². The normalized spacial score (nSPS) is 17.4. The van der Waals surface area contributed by atoms with Crippen molar-refractivity contribution in [2.45, 2.75) is 44.8 Å². The minimum atomic E-state index is -3.66. The Balaban J connectivity index is 2.34. The summed E-state index contributed by atoms with van der Waals surface area (Å²) in [6.45, 7) is 1.49. The number of hydrogen-bond donors (Lipinski definition) is 3. The summed E-state index contributed by atoms with van der Waals surface area (Å²) >= 11 is 0. The molecular formula is C13H20N4O4S. The van der Waals surface area contributed by atoms with E-state index in [1.165, 1.54) is 6.92 Å². The molecule has 1 unspecified atom stereocenters. The van der Waals surface area contributed by atoms with Gasteiger partial charge in [0.25, 0.3) is 15.7 Å². The van der Waals surface area contributed by atoms with Crippen LogP contribution in [-0.4, -0.2) is 36.9 Å². The first-order chi connectivity index (χ1) is 10.3. The lowest BCUT2D eigenvalue weighted by atomic mass is 10.2. The molecule has 1 aliphatic rings. The van der Waals surface area contributed by atoms with Gasteiger partial charge in [0.15, 0.2) is 0 Å². The van der Waals surface area contributed by atoms with Crippen LogP contribution in [0.5, 0.6) is 0 Å². The molecule has 122 valence electrons. The highest BCUT2D eigenvalue weighted by atomic mass is 32.2. The molecule has 1 atom stereocenters. The highest BCUT2D eigenvalue weighted by Gasteiger charge is 2.21. The van der Waals surface area contributed by atoms with Gasteiger partial charge in [0.1, 0.15) is 17.7 Å². The van der Waals surface area contributed by atoms with E-state index in [4.69, 9.17) is 9.59 Å².